The van der Waals surface area contributed by atoms with E-state index < -0.39 is 6.43 Å². The quantitative estimate of drug-likeness (QED) is 0.783. The average molecular weight is 294 g/mol. The van der Waals surface area contributed by atoms with Gasteiger partial charge in [-0.05, 0) is 54.2 Å². The van der Waals surface area contributed by atoms with Crippen molar-refractivity contribution < 1.29 is 8.78 Å². The van der Waals surface area contributed by atoms with E-state index in [1.807, 2.05) is 0 Å². The summed E-state index contributed by atoms with van der Waals surface area (Å²) in [6.45, 7) is 6.82. The lowest BCUT2D eigenvalue weighted by atomic mass is 9.68. The van der Waals surface area contributed by atoms with Crippen LogP contribution in [0.4, 0.5) is 20.2 Å². The van der Waals surface area contributed by atoms with Gasteiger partial charge in [0.2, 0.25) is 0 Å². The number of hydrogen-bond donors (Lipinski definition) is 2. The molecule has 2 saturated carbocycles. The minimum absolute atomic E-state index is 0.0113. The highest BCUT2D eigenvalue weighted by Crippen LogP contribution is 2.63. The Balaban J connectivity index is 1.94. The molecule has 2 bridgehead atoms. The van der Waals surface area contributed by atoms with E-state index in [-0.39, 0.29) is 22.4 Å². The highest BCUT2D eigenvalue weighted by molar-refractivity contribution is 5.59. The molecule has 0 radical (unpaired) electrons. The third kappa shape index (κ3) is 2.19. The molecule has 1 aromatic rings. The molecular weight excluding hydrogens is 270 g/mol. The number of rotatable bonds is 3. The molecule has 3 unspecified atom stereocenters. The van der Waals surface area contributed by atoms with Gasteiger partial charge in [0.1, 0.15) is 0 Å². The molecule has 0 aromatic heterocycles. The molecule has 2 aliphatic rings. The number of alkyl halides is 2. The van der Waals surface area contributed by atoms with E-state index in [9.17, 15) is 8.78 Å². The molecule has 3 rings (SSSR count). The molecule has 2 aliphatic carbocycles. The van der Waals surface area contributed by atoms with Crippen molar-refractivity contribution >= 4 is 11.4 Å². The SMILES string of the molecule is CC12CCC(C1)C(C)(C)C2Nc1ccc(N)cc1C(F)F. The summed E-state index contributed by atoms with van der Waals surface area (Å²) < 4.78 is 26.5. The number of benzene rings is 1. The highest BCUT2D eigenvalue weighted by atomic mass is 19.3. The van der Waals surface area contributed by atoms with Gasteiger partial charge in [-0.2, -0.15) is 0 Å². The third-order valence-corrected chi connectivity index (χ3v) is 5.88. The normalized spacial score (nSPS) is 33.6. The molecule has 0 amide bonds. The number of anilines is 2. The van der Waals surface area contributed by atoms with Gasteiger partial charge in [0.15, 0.2) is 0 Å². The van der Waals surface area contributed by atoms with Crippen molar-refractivity contribution in [3.63, 3.8) is 0 Å². The van der Waals surface area contributed by atoms with Gasteiger partial charge in [-0.15, -0.1) is 0 Å². The number of fused-ring (bicyclic) bond motifs is 2. The van der Waals surface area contributed by atoms with Crippen molar-refractivity contribution in [2.45, 2.75) is 52.5 Å². The lowest BCUT2D eigenvalue weighted by Crippen LogP contribution is -2.46. The first-order valence-electron chi connectivity index (χ1n) is 7.68. The van der Waals surface area contributed by atoms with Crippen LogP contribution in [0.15, 0.2) is 18.2 Å². The Morgan fingerprint density at radius 3 is 2.57 bits per heavy atom. The van der Waals surface area contributed by atoms with Gasteiger partial charge in [0, 0.05) is 23.0 Å². The van der Waals surface area contributed by atoms with Crippen molar-refractivity contribution in [2.75, 3.05) is 11.1 Å². The largest absolute Gasteiger partial charge is 0.399 e. The number of hydrogen-bond acceptors (Lipinski definition) is 2. The van der Waals surface area contributed by atoms with Crippen molar-refractivity contribution in [3.05, 3.63) is 23.8 Å². The summed E-state index contributed by atoms with van der Waals surface area (Å²) in [4.78, 5) is 0. The summed E-state index contributed by atoms with van der Waals surface area (Å²) >= 11 is 0. The topological polar surface area (TPSA) is 38.0 Å². The first-order chi connectivity index (χ1) is 9.74. The molecule has 0 aliphatic heterocycles. The van der Waals surface area contributed by atoms with Crippen LogP contribution in [0.5, 0.6) is 0 Å². The van der Waals surface area contributed by atoms with Crippen LogP contribution in [0, 0.1) is 16.7 Å². The Kier molecular flexibility index (Phi) is 3.19. The van der Waals surface area contributed by atoms with Crippen LogP contribution in [0.3, 0.4) is 0 Å². The van der Waals surface area contributed by atoms with E-state index >= 15 is 0 Å². The minimum atomic E-state index is -2.51. The van der Waals surface area contributed by atoms with Crippen molar-refractivity contribution in [1.82, 2.24) is 0 Å². The molecule has 0 heterocycles. The zero-order valence-electron chi connectivity index (χ0n) is 12.9. The van der Waals surface area contributed by atoms with E-state index in [1.54, 1.807) is 12.1 Å². The maximum Gasteiger partial charge on any atom is 0.265 e. The van der Waals surface area contributed by atoms with Crippen LogP contribution in [-0.4, -0.2) is 6.04 Å². The first kappa shape index (κ1) is 14.6. The Morgan fingerprint density at radius 2 is 2.00 bits per heavy atom. The molecule has 3 atom stereocenters. The standard InChI is InChI=1S/C17H24F2N2/c1-16(2)10-6-7-17(3,9-10)15(16)21-13-5-4-11(20)8-12(13)14(18)19/h4-5,8,10,14-15,21H,6-7,9,20H2,1-3H3. The Labute approximate surface area is 125 Å². The van der Waals surface area contributed by atoms with Crippen LogP contribution < -0.4 is 11.1 Å². The maximum atomic E-state index is 13.3. The van der Waals surface area contributed by atoms with Crippen LogP contribution in [0.25, 0.3) is 0 Å². The van der Waals surface area contributed by atoms with Crippen molar-refractivity contribution in [1.29, 1.82) is 0 Å². The average Bonchev–Trinajstić information content (AvgIpc) is 2.87. The number of nitrogens with one attached hydrogen (secondary N) is 1. The van der Waals surface area contributed by atoms with Crippen molar-refractivity contribution in [3.8, 4) is 0 Å². The first-order valence-corrected chi connectivity index (χ1v) is 7.68. The van der Waals surface area contributed by atoms with Crippen LogP contribution in [-0.2, 0) is 0 Å². The third-order valence-electron chi connectivity index (χ3n) is 5.88. The maximum absolute atomic E-state index is 13.3. The van der Waals surface area contributed by atoms with Crippen LogP contribution in [0.1, 0.15) is 52.0 Å². The molecule has 0 spiro atoms. The predicted molar refractivity (Wildman–Crippen MR) is 82.5 cm³/mol. The second kappa shape index (κ2) is 4.59. The van der Waals surface area contributed by atoms with Crippen LogP contribution >= 0.6 is 0 Å². The Bertz CT molecular complexity index is 551. The Morgan fingerprint density at radius 1 is 1.29 bits per heavy atom. The molecule has 116 valence electrons. The molecule has 3 N–H and O–H groups in total. The van der Waals surface area contributed by atoms with Gasteiger partial charge < -0.3 is 11.1 Å². The van der Waals surface area contributed by atoms with Gasteiger partial charge in [-0.1, -0.05) is 20.8 Å². The fraction of sp³-hybridized carbons (Fsp3) is 0.647. The summed E-state index contributed by atoms with van der Waals surface area (Å²) in [6.07, 6.45) is 1.12. The minimum Gasteiger partial charge on any atom is -0.399 e. The second-order valence-electron chi connectivity index (χ2n) is 7.64. The highest BCUT2D eigenvalue weighted by Gasteiger charge is 2.59. The van der Waals surface area contributed by atoms with Gasteiger partial charge in [0.05, 0.1) is 0 Å². The molecule has 2 fully saturated rings. The van der Waals surface area contributed by atoms with Gasteiger partial charge >= 0.3 is 0 Å². The monoisotopic (exact) mass is 294 g/mol. The predicted octanol–water partition coefficient (Wildman–Crippen LogP) is 4.83. The van der Waals surface area contributed by atoms with E-state index in [1.165, 1.54) is 25.3 Å². The van der Waals surface area contributed by atoms with Crippen LogP contribution in [0.2, 0.25) is 0 Å². The lowest BCUT2D eigenvalue weighted by molar-refractivity contribution is 0.147. The molecule has 4 heteroatoms. The molecular formula is C17H24F2N2. The van der Waals surface area contributed by atoms with E-state index in [4.69, 9.17) is 5.73 Å². The lowest BCUT2D eigenvalue weighted by Gasteiger charge is -2.44. The fourth-order valence-corrected chi connectivity index (χ4v) is 4.71. The fourth-order valence-electron chi connectivity index (χ4n) is 4.71. The molecule has 2 nitrogen and oxygen atoms in total. The summed E-state index contributed by atoms with van der Waals surface area (Å²) in [5, 5.41) is 3.44. The summed E-state index contributed by atoms with van der Waals surface area (Å²) in [5.41, 5.74) is 6.92. The summed E-state index contributed by atoms with van der Waals surface area (Å²) in [6, 6.07) is 5.00. The van der Waals surface area contributed by atoms with Gasteiger partial charge in [-0.3, -0.25) is 0 Å². The second-order valence-corrected chi connectivity index (χ2v) is 7.64. The zero-order valence-corrected chi connectivity index (χ0v) is 12.9. The molecule has 21 heavy (non-hydrogen) atoms. The summed E-state index contributed by atoms with van der Waals surface area (Å²) in [7, 11) is 0. The smallest absolute Gasteiger partial charge is 0.265 e. The van der Waals surface area contributed by atoms with E-state index in [2.05, 4.69) is 26.1 Å². The molecule has 0 saturated heterocycles. The molecule has 1 aromatic carbocycles. The van der Waals surface area contributed by atoms with Gasteiger partial charge in [0.25, 0.3) is 6.43 Å². The summed E-state index contributed by atoms with van der Waals surface area (Å²) in [5.74, 6) is 0.684. The van der Waals surface area contributed by atoms with Gasteiger partial charge in [-0.25, -0.2) is 8.78 Å². The number of halogens is 2. The van der Waals surface area contributed by atoms with E-state index in [0.717, 1.165) is 0 Å². The number of nitrogens with two attached hydrogens (primary N) is 1. The Hall–Kier alpha value is -1.32. The van der Waals surface area contributed by atoms with E-state index in [0.29, 0.717) is 17.3 Å². The number of nitrogen functional groups attached to an aromatic ring is 1. The zero-order chi connectivity index (χ0) is 15.4. The van der Waals surface area contributed by atoms with Crippen molar-refractivity contribution in [2.24, 2.45) is 16.7 Å².